The average Bonchev–Trinajstić information content (AvgIpc) is 2.65. The molecule has 0 spiro atoms. The summed E-state index contributed by atoms with van der Waals surface area (Å²) in [4.78, 5) is 2.34. The first-order valence-corrected chi connectivity index (χ1v) is 11.1. The Labute approximate surface area is 162 Å². The van der Waals surface area contributed by atoms with Gasteiger partial charge in [-0.2, -0.15) is 0 Å². The zero-order valence-electron chi connectivity index (χ0n) is 17.7. The van der Waals surface area contributed by atoms with Crippen LogP contribution in [0.25, 0.3) is 0 Å². The van der Waals surface area contributed by atoms with Crippen molar-refractivity contribution in [1.29, 1.82) is 5.41 Å². The third-order valence-electron chi connectivity index (χ3n) is 5.28. The highest BCUT2D eigenvalue weighted by molar-refractivity contribution is 5.97. The van der Waals surface area contributed by atoms with Crippen LogP contribution in [0, 0.1) is 12.3 Å². The Morgan fingerprint density at radius 3 is 1.69 bits per heavy atom. The lowest BCUT2D eigenvalue weighted by molar-refractivity contribution is 0.383. The Kier molecular flexibility index (Phi) is 13.0. The van der Waals surface area contributed by atoms with Gasteiger partial charge in [-0.15, -0.1) is 0 Å². The first-order valence-electron chi connectivity index (χ1n) is 11.1. The van der Waals surface area contributed by atoms with Crippen molar-refractivity contribution in [3.05, 3.63) is 35.4 Å². The lowest BCUT2D eigenvalue weighted by Gasteiger charge is -2.26. The molecule has 0 heterocycles. The summed E-state index contributed by atoms with van der Waals surface area (Å²) in [7, 11) is 0. The van der Waals surface area contributed by atoms with E-state index in [1.807, 2.05) is 0 Å². The Hall–Kier alpha value is -1.31. The topological polar surface area (TPSA) is 27.1 Å². The molecule has 0 saturated heterocycles. The molecule has 1 rings (SSSR count). The Morgan fingerprint density at radius 1 is 0.731 bits per heavy atom. The summed E-state index contributed by atoms with van der Waals surface area (Å²) in [6.45, 7) is 8.73. The van der Waals surface area contributed by atoms with Crippen LogP contribution in [0.15, 0.2) is 24.3 Å². The number of nitrogens with zero attached hydrogens (tertiary/aromatic N) is 1. The maximum Gasteiger partial charge on any atom is 0.128 e. The standard InChI is InChI=1S/C24H42N2/c1-4-6-8-10-12-16-20-26(21-17-13-11-9-7-5-2)24(25)23-19-15-14-18-22(23)3/h14-15,18-19,25H,4-13,16-17,20-21H2,1-3H3. The van der Waals surface area contributed by atoms with Crippen molar-refractivity contribution in [3.8, 4) is 0 Å². The maximum atomic E-state index is 8.75. The number of hydrogen-bond acceptors (Lipinski definition) is 1. The molecule has 1 N–H and O–H groups in total. The molecular formula is C24H42N2. The summed E-state index contributed by atoms with van der Waals surface area (Å²) in [5.41, 5.74) is 2.32. The van der Waals surface area contributed by atoms with Gasteiger partial charge in [-0.25, -0.2) is 0 Å². The maximum absolute atomic E-state index is 8.75. The number of nitrogens with one attached hydrogen (secondary N) is 1. The van der Waals surface area contributed by atoms with E-state index < -0.39 is 0 Å². The third-order valence-corrected chi connectivity index (χ3v) is 5.28. The number of unbranched alkanes of at least 4 members (excludes halogenated alkanes) is 10. The minimum absolute atomic E-state index is 0.727. The van der Waals surface area contributed by atoms with Crippen molar-refractivity contribution < 1.29 is 0 Å². The van der Waals surface area contributed by atoms with Crippen molar-refractivity contribution in [1.82, 2.24) is 4.90 Å². The summed E-state index contributed by atoms with van der Waals surface area (Å²) in [5, 5.41) is 8.75. The molecular weight excluding hydrogens is 316 g/mol. The molecule has 0 aromatic heterocycles. The SMILES string of the molecule is CCCCCCCCN(CCCCCCCC)C(=N)c1ccccc1C. The van der Waals surface area contributed by atoms with Crippen molar-refractivity contribution in [2.45, 2.75) is 97.8 Å². The third kappa shape index (κ3) is 9.40. The molecule has 0 bridgehead atoms. The Morgan fingerprint density at radius 2 is 1.19 bits per heavy atom. The van der Waals surface area contributed by atoms with Crippen LogP contribution < -0.4 is 0 Å². The second kappa shape index (κ2) is 14.8. The summed E-state index contributed by atoms with van der Waals surface area (Å²) in [6.07, 6.45) is 15.8. The zero-order chi connectivity index (χ0) is 19.0. The van der Waals surface area contributed by atoms with Gasteiger partial charge in [-0.05, 0) is 25.3 Å². The Balaban J connectivity index is 2.49. The van der Waals surface area contributed by atoms with Gasteiger partial charge in [0.2, 0.25) is 0 Å². The predicted octanol–water partition coefficient (Wildman–Crippen LogP) is 7.34. The fourth-order valence-electron chi connectivity index (χ4n) is 3.51. The van der Waals surface area contributed by atoms with E-state index >= 15 is 0 Å². The van der Waals surface area contributed by atoms with E-state index in [0.717, 1.165) is 24.5 Å². The molecule has 0 aliphatic heterocycles. The number of benzene rings is 1. The molecule has 0 aliphatic rings. The monoisotopic (exact) mass is 358 g/mol. The molecule has 0 radical (unpaired) electrons. The number of rotatable bonds is 15. The van der Waals surface area contributed by atoms with Crippen LogP contribution in [-0.2, 0) is 0 Å². The van der Waals surface area contributed by atoms with Gasteiger partial charge in [0.05, 0.1) is 0 Å². The van der Waals surface area contributed by atoms with E-state index in [-0.39, 0.29) is 0 Å². The van der Waals surface area contributed by atoms with Crippen LogP contribution in [0.5, 0.6) is 0 Å². The lowest BCUT2D eigenvalue weighted by atomic mass is 10.1. The van der Waals surface area contributed by atoms with Crippen LogP contribution >= 0.6 is 0 Å². The van der Waals surface area contributed by atoms with E-state index in [1.165, 1.54) is 82.6 Å². The molecule has 2 heteroatoms. The molecule has 1 aromatic rings. The minimum atomic E-state index is 0.727. The lowest BCUT2D eigenvalue weighted by Crippen LogP contribution is -2.33. The normalized spacial score (nSPS) is 10.9. The fourth-order valence-corrected chi connectivity index (χ4v) is 3.51. The van der Waals surface area contributed by atoms with E-state index in [2.05, 4.69) is 49.9 Å². The molecule has 148 valence electrons. The molecule has 0 saturated carbocycles. The van der Waals surface area contributed by atoms with Crippen LogP contribution in [0.4, 0.5) is 0 Å². The van der Waals surface area contributed by atoms with Gasteiger partial charge in [0.1, 0.15) is 5.84 Å². The average molecular weight is 359 g/mol. The highest BCUT2D eigenvalue weighted by Gasteiger charge is 2.13. The molecule has 0 atom stereocenters. The van der Waals surface area contributed by atoms with Crippen molar-refractivity contribution in [2.24, 2.45) is 0 Å². The number of amidine groups is 1. The highest BCUT2D eigenvalue weighted by Crippen LogP contribution is 2.14. The van der Waals surface area contributed by atoms with E-state index in [1.54, 1.807) is 0 Å². The summed E-state index contributed by atoms with van der Waals surface area (Å²) < 4.78 is 0. The highest BCUT2D eigenvalue weighted by atomic mass is 15.2. The zero-order valence-corrected chi connectivity index (χ0v) is 17.7. The molecule has 1 aromatic carbocycles. The van der Waals surface area contributed by atoms with Crippen molar-refractivity contribution in [3.63, 3.8) is 0 Å². The smallest absolute Gasteiger partial charge is 0.128 e. The quantitative estimate of drug-likeness (QED) is 0.198. The minimum Gasteiger partial charge on any atom is -0.357 e. The van der Waals surface area contributed by atoms with Crippen molar-refractivity contribution in [2.75, 3.05) is 13.1 Å². The molecule has 0 amide bonds. The number of aryl methyl sites for hydroxylation is 1. The van der Waals surface area contributed by atoms with E-state index in [0.29, 0.717) is 0 Å². The van der Waals surface area contributed by atoms with Gasteiger partial charge in [0.15, 0.2) is 0 Å². The molecule has 0 fully saturated rings. The first-order chi connectivity index (χ1) is 12.7. The molecule has 2 nitrogen and oxygen atoms in total. The summed E-state index contributed by atoms with van der Waals surface area (Å²) in [6, 6.07) is 8.35. The summed E-state index contributed by atoms with van der Waals surface area (Å²) >= 11 is 0. The van der Waals surface area contributed by atoms with E-state index in [9.17, 15) is 0 Å². The second-order valence-corrected chi connectivity index (χ2v) is 7.69. The largest absolute Gasteiger partial charge is 0.357 e. The van der Waals surface area contributed by atoms with Crippen LogP contribution in [0.3, 0.4) is 0 Å². The van der Waals surface area contributed by atoms with Gasteiger partial charge in [0.25, 0.3) is 0 Å². The van der Waals surface area contributed by atoms with Gasteiger partial charge in [-0.3, -0.25) is 5.41 Å². The fraction of sp³-hybridized carbons (Fsp3) is 0.708. The predicted molar refractivity (Wildman–Crippen MR) is 116 cm³/mol. The molecule has 26 heavy (non-hydrogen) atoms. The Bertz CT molecular complexity index is 465. The van der Waals surface area contributed by atoms with Crippen LogP contribution in [0.1, 0.15) is 102 Å². The molecule has 0 aliphatic carbocycles. The first kappa shape index (κ1) is 22.7. The summed E-state index contributed by atoms with van der Waals surface area (Å²) in [5.74, 6) is 0.727. The van der Waals surface area contributed by atoms with Gasteiger partial charge < -0.3 is 4.90 Å². The van der Waals surface area contributed by atoms with Gasteiger partial charge in [0, 0.05) is 18.7 Å². The van der Waals surface area contributed by atoms with Crippen LogP contribution in [0.2, 0.25) is 0 Å². The van der Waals surface area contributed by atoms with Gasteiger partial charge in [-0.1, -0.05) is 102 Å². The second-order valence-electron chi connectivity index (χ2n) is 7.69. The van der Waals surface area contributed by atoms with E-state index in [4.69, 9.17) is 5.41 Å². The van der Waals surface area contributed by atoms with Gasteiger partial charge >= 0.3 is 0 Å². The number of hydrogen-bond donors (Lipinski definition) is 1. The van der Waals surface area contributed by atoms with Crippen LogP contribution in [-0.4, -0.2) is 23.8 Å². The van der Waals surface area contributed by atoms with Crippen molar-refractivity contribution >= 4 is 5.84 Å². The molecule has 0 unspecified atom stereocenters.